The lowest BCUT2D eigenvalue weighted by Crippen LogP contribution is -2.50. The number of amides is 1. The van der Waals surface area contributed by atoms with Crippen molar-refractivity contribution in [3.8, 4) is 0 Å². The second kappa shape index (κ2) is 4.37. The van der Waals surface area contributed by atoms with Crippen LogP contribution in [0.15, 0.2) is 22.7 Å². The number of benzene rings is 1. The number of halogens is 1. The number of primary amides is 1. The monoisotopic (exact) mass is 298 g/mol. The second-order valence-electron chi connectivity index (χ2n) is 3.97. The van der Waals surface area contributed by atoms with Crippen molar-refractivity contribution in [1.29, 1.82) is 0 Å². The lowest BCUT2D eigenvalue weighted by Gasteiger charge is -2.38. The molecule has 1 aromatic rings. The van der Waals surface area contributed by atoms with Crippen LogP contribution < -0.4 is 10.6 Å². The molecule has 2 rings (SSSR count). The molecule has 1 saturated heterocycles. The van der Waals surface area contributed by atoms with Crippen LogP contribution in [0.1, 0.15) is 10.4 Å². The van der Waals surface area contributed by atoms with E-state index in [0.717, 1.165) is 5.69 Å². The Morgan fingerprint density at radius 3 is 2.53 bits per heavy atom. The largest absolute Gasteiger partial charge is 0.481 e. The average Bonchev–Trinajstić information content (AvgIpc) is 2.13. The van der Waals surface area contributed by atoms with Crippen LogP contribution in [0.3, 0.4) is 0 Å². The van der Waals surface area contributed by atoms with E-state index < -0.39 is 11.9 Å². The van der Waals surface area contributed by atoms with Gasteiger partial charge in [0.05, 0.1) is 11.5 Å². The number of anilines is 1. The summed E-state index contributed by atoms with van der Waals surface area (Å²) in [7, 11) is 0. The maximum atomic E-state index is 11.0. The van der Waals surface area contributed by atoms with Crippen molar-refractivity contribution < 1.29 is 14.7 Å². The Bertz CT molecular complexity index is 484. The van der Waals surface area contributed by atoms with Gasteiger partial charge in [-0.1, -0.05) is 0 Å². The summed E-state index contributed by atoms with van der Waals surface area (Å²) in [6.45, 7) is 0.995. The Morgan fingerprint density at radius 1 is 1.41 bits per heavy atom. The van der Waals surface area contributed by atoms with Crippen LogP contribution in [0.25, 0.3) is 0 Å². The van der Waals surface area contributed by atoms with Crippen molar-refractivity contribution in [3.05, 3.63) is 28.2 Å². The van der Waals surface area contributed by atoms with Gasteiger partial charge in [0.1, 0.15) is 0 Å². The van der Waals surface area contributed by atoms with Crippen molar-refractivity contribution in [2.45, 2.75) is 0 Å². The maximum Gasteiger partial charge on any atom is 0.310 e. The van der Waals surface area contributed by atoms with Crippen molar-refractivity contribution in [2.75, 3.05) is 18.0 Å². The van der Waals surface area contributed by atoms with Crippen LogP contribution in [-0.4, -0.2) is 30.1 Å². The number of rotatable bonds is 3. The van der Waals surface area contributed by atoms with Crippen LogP contribution >= 0.6 is 15.9 Å². The SMILES string of the molecule is NC(=O)c1ccc(N2CC(C(=O)O)C2)cc1Br. The molecule has 0 bridgehead atoms. The van der Waals surface area contributed by atoms with Gasteiger partial charge in [0.25, 0.3) is 0 Å². The van der Waals surface area contributed by atoms with Crippen molar-refractivity contribution in [1.82, 2.24) is 0 Å². The summed E-state index contributed by atoms with van der Waals surface area (Å²) in [6.07, 6.45) is 0. The highest BCUT2D eigenvalue weighted by Crippen LogP contribution is 2.29. The van der Waals surface area contributed by atoms with Gasteiger partial charge in [-0.3, -0.25) is 9.59 Å². The number of hydrogen-bond acceptors (Lipinski definition) is 3. The molecule has 17 heavy (non-hydrogen) atoms. The van der Waals surface area contributed by atoms with Gasteiger partial charge in [0, 0.05) is 23.2 Å². The molecular weight excluding hydrogens is 288 g/mol. The van der Waals surface area contributed by atoms with E-state index in [9.17, 15) is 9.59 Å². The van der Waals surface area contributed by atoms with E-state index in [1.54, 1.807) is 18.2 Å². The molecule has 0 aromatic heterocycles. The molecule has 0 spiro atoms. The van der Waals surface area contributed by atoms with Crippen LogP contribution in [0.2, 0.25) is 0 Å². The Kier molecular flexibility index (Phi) is 3.06. The van der Waals surface area contributed by atoms with Gasteiger partial charge in [-0.05, 0) is 34.1 Å². The quantitative estimate of drug-likeness (QED) is 0.874. The minimum Gasteiger partial charge on any atom is -0.481 e. The molecule has 3 N–H and O–H groups in total. The zero-order valence-electron chi connectivity index (χ0n) is 8.89. The number of carboxylic acids is 1. The summed E-state index contributed by atoms with van der Waals surface area (Å²) in [5.41, 5.74) is 6.50. The fraction of sp³-hybridized carbons (Fsp3) is 0.273. The van der Waals surface area contributed by atoms with Gasteiger partial charge < -0.3 is 15.7 Å². The number of aliphatic carboxylic acids is 1. The maximum absolute atomic E-state index is 11.0. The highest BCUT2D eigenvalue weighted by Gasteiger charge is 2.32. The Balaban J connectivity index is 2.12. The molecule has 1 aliphatic heterocycles. The third kappa shape index (κ3) is 2.26. The molecule has 5 nitrogen and oxygen atoms in total. The molecular formula is C11H11BrN2O3. The third-order valence-electron chi connectivity index (χ3n) is 2.81. The minimum atomic E-state index is -0.769. The van der Waals surface area contributed by atoms with Gasteiger partial charge in [-0.15, -0.1) is 0 Å². The van der Waals surface area contributed by atoms with E-state index in [4.69, 9.17) is 10.8 Å². The molecule has 0 aliphatic carbocycles. The van der Waals surface area contributed by atoms with Gasteiger partial charge in [0.2, 0.25) is 5.91 Å². The topological polar surface area (TPSA) is 83.6 Å². The molecule has 1 aromatic carbocycles. The number of nitrogens with two attached hydrogens (primary N) is 1. The normalized spacial score (nSPS) is 15.5. The van der Waals surface area contributed by atoms with Crippen LogP contribution in [0, 0.1) is 5.92 Å². The van der Waals surface area contributed by atoms with E-state index >= 15 is 0 Å². The molecule has 90 valence electrons. The van der Waals surface area contributed by atoms with E-state index in [1.165, 1.54) is 0 Å². The van der Waals surface area contributed by atoms with Crippen molar-refractivity contribution in [2.24, 2.45) is 11.7 Å². The van der Waals surface area contributed by atoms with E-state index in [1.807, 2.05) is 4.90 Å². The van der Waals surface area contributed by atoms with E-state index in [-0.39, 0.29) is 5.92 Å². The molecule has 0 saturated carbocycles. The van der Waals surface area contributed by atoms with Crippen LogP contribution in [-0.2, 0) is 4.79 Å². The highest BCUT2D eigenvalue weighted by molar-refractivity contribution is 9.10. The summed E-state index contributed by atoms with van der Waals surface area (Å²) in [5.74, 6) is -1.56. The zero-order valence-corrected chi connectivity index (χ0v) is 10.5. The fourth-order valence-corrected chi connectivity index (χ4v) is 2.31. The Labute approximate surface area is 106 Å². The average molecular weight is 299 g/mol. The number of nitrogens with zero attached hydrogens (tertiary/aromatic N) is 1. The van der Waals surface area contributed by atoms with Crippen molar-refractivity contribution in [3.63, 3.8) is 0 Å². The summed E-state index contributed by atoms with van der Waals surface area (Å²) < 4.78 is 0.626. The minimum absolute atomic E-state index is 0.301. The Hall–Kier alpha value is -1.56. The van der Waals surface area contributed by atoms with E-state index in [2.05, 4.69) is 15.9 Å². The number of carboxylic acid groups (broad SMARTS) is 1. The first-order valence-corrected chi connectivity index (χ1v) is 5.85. The lowest BCUT2D eigenvalue weighted by molar-refractivity contribution is -0.142. The Morgan fingerprint density at radius 2 is 2.06 bits per heavy atom. The zero-order chi connectivity index (χ0) is 12.6. The first-order chi connectivity index (χ1) is 7.99. The van der Waals surface area contributed by atoms with Gasteiger partial charge >= 0.3 is 5.97 Å². The number of carbonyl (C=O) groups is 2. The molecule has 1 heterocycles. The summed E-state index contributed by atoms with van der Waals surface area (Å²) in [6, 6.07) is 5.18. The highest BCUT2D eigenvalue weighted by atomic mass is 79.9. The summed E-state index contributed by atoms with van der Waals surface area (Å²) in [4.78, 5) is 23.6. The first-order valence-electron chi connectivity index (χ1n) is 5.06. The smallest absolute Gasteiger partial charge is 0.310 e. The molecule has 6 heteroatoms. The number of carbonyl (C=O) groups excluding carboxylic acids is 1. The molecule has 0 radical (unpaired) electrons. The first kappa shape index (κ1) is 11.9. The van der Waals surface area contributed by atoms with Crippen molar-refractivity contribution >= 4 is 33.5 Å². The third-order valence-corrected chi connectivity index (χ3v) is 3.47. The fourth-order valence-electron chi connectivity index (χ4n) is 1.75. The second-order valence-corrected chi connectivity index (χ2v) is 4.82. The summed E-state index contributed by atoms with van der Waals surface area (Å²) in [5, 5.41) is 8.77. The van der Waals surface area contributed by atoms with Crippen LogP contribution in [0.5, 0.6) is 0 Å². The van der Waals surface area contributed by atoms with Crippen LogP contribution in [0.4, 0.5) is 5.69 Å². The molecule has 1 aliphatic rings. The summed E-state index contributed by atoms with van der Waals surface area (Å²) >= 11 is 3.27. The molecule has 1 amide bonds. The van der Waals surface area contributed by atoms with E-state index in [0.29, 0.717) is 23.1 Å². The standard InChI is InChI=1S/C11H11BrN2O3/c12-9-3-7(1-2-8(9)10(13)15)14-4-6(5-14)11(16)17/h1-3,6H,4-5H2,(H2,13,15)(H,16,17). The van der Waals surface area contributed by atoms with Gasteiger partial charge in [-0.25, -0.2) is 0 Å². The van der Waals surface area contributed by atoms with Gasteiger partial charge in [0.15, 0.2) is 0 Å². The van der Waals surface area contributed by atoms with Gasteiger partial charge in [-0.2, -0.15) is 0 Å². The number of hydrogen-bond donors (Lipinski definition) is 2. The lowest BCUT2D eigenvalue weighted by atomic mass is 9.99. The molecule has 0 unspecified atom stereocenters. The predicted octanol–water partition coefficient (Wildman–Crippen LogP) is 1.07. The molecule has 1 fully saturated rings. The predicted molar refractivity (Wildman–Crippen MR) is 66.0 cm³/mol. The molecule has 0 atom stereocenters.